The molecule has 1 N–H and O–H groups in total. The Bertz CT molecular complexity index is 2090. The van der Waals surface area contributed by atoms with E-state index >= 15 is 0 Å². The number of benzene rings is 4. The fourth-order valence-corrected chi connectivity index (χ4v) is 8.15. The number of anilines is 1. The van der Waals surface area contributed by atoms with Gasteiger partial charge in [0.2, 0.25) is 5.13 Å². The SMILES string of the molecule is CCCOc1ccc([C@H]2/C(=C(\O)c3ccc4c(c3)C[C@H](C)O4)C(=O)C(=O)N2c2nnc(SCc3cccc4ccccc34)s2)cc1OCC. The van der Waals surface area contributed by atoms with Gasteiger partial charge in [-0.15, -0.1) is 10.2 Å². The maximum absolute atomic E-state index is 13.9. The minimum Gasteiger partial charge on any atom is -0.507 e. The molecule has 0 bridgehead atoms. The highest BCUT2D eigenvalue weighted by Gasteiger charge is 2.48. The Morgan fingerprint density at radius 1 is 1.00 bits per heavy atom. The predicted octanol–water partition coefficient (Wildman–Crippen LogP) is 8.12. The number of carbonyl (C=O) groups is 2. The minimum absolute atomic E-state index is 0.00786. The number of aliphatic hydroxyl groups is 1. The molecule has 49 heavy (non-hydrogen) atoms. The average Bonchev–Trinajstić information content (AvgIpc) is 3.81. The molecule has 5 aromatic rings. The molecule has 3 heterocycles. The molecule has 1 aromatic heterocycles. The zero-order valence-corrected chi connectivity index (χ0v) is 29.0. The molecule has 0 spiro atoms. The fourth-order valence-electron chi connectivity index (χ4n) is 6.28. The minimum atomic E-state index is -0.994. The monoisotopic (exact) mass is 693 g/mol. The standard InChI is InChI=1S/C38H35N3O6S2/c1-4-17-46-30-16-13-24(20-31(30)45-5-2)33-32(34(42)25-14-15-29-27(19-25)18-22(3)47-29)35(43)36(44)41(33)37-39-40-38(49-37)48-21-26-11-8-10-23-9-6-7-12-28(23)26/h6-16,19-20,22,33,42H,4-5,17-18,21H2,1-3H3/b34-32+/t22-,33-/m0/s1. The van der Waals surface area contributed by atoms with Crippen LogP contribution < -0.4 is 19.1 Å². The largest absolute Gasteiger partial charge is 0.507 e. The molecule has 9 nitrogen and oxygen atoms in total. The summed E-state index contributed by atoms with van der Waals surface area (Å²) in [6, 6.07) is 24.1. The zero-order chi connectivity index (χ0) is 34.1. The molecular weight excluding hydrogens is 659 g/mol. The van der Waals surface area contributed by atoms with Crippen molar-refractivity contribution in [2.75, 3.05) is 18.1 Å². The van der Waals surface area contributed by atoms with Crippen molar-refractivity contribution >= 4 is 56.5 Å². The number of aromatic nitrogens is 2. The van der Waals surface area contributed by atoms with E-state index in [1.165, 1.54) is 28.0 Å². The van der Waals surface area contributed by atoms with Crippen LogP contribution in [0.15, 0.2) is 88.8 Å². The van der Waals surface area contributed by atoms with E-state index in [9.17, 15) is 14.7 Å². The molecule has 250 valence electrons. The zero-order valence-electron chi connectivity index (χ0n) is 27.3. The Kier molecular flexibility index (Phi) is 9.29. The number of carbonyl (C=O) groups excluding carboxylic acids is 2. The van der Waals surface area contributed by atoms with Crippen LogP contribution in [-0.4, -0.2) is 46.3 Å². The molecule has 4 aromatic carbocycles. The number of ether oxygens (including phenoxy) is 3. The van der Waals surface area contributed by atoms with Crippen LogP contribution in [0.5, 0.6) is 17.2 Å². The fraction of sp³-hybridized carbons (Fsp3) is 0.263. The van der Waals surface area contributed by atoms with Gasteiger partial charge in [0.1, 0.15) is 17.6 Å². The Hall–Kier alpha value is -4.87. The van der Waals surface area contributed by atoms with Gasteiger partial charge in [0.05, 0.1) is 24.8 Å². The number of Topliss-reactive ketones (excluding diaryl/α,β-unsaturated/α-hetero) is 1. The Morgan fingerprint density at radius 3 is 2.67 bits per heavy atom. The molecular formula is C38H35N3O6S2. The summed E-state index contributed by atoms with van der Waals surface area (Å²) >= 11 is 2.74. The van der Waals surface area contributed by atoms with Crippen molar-refractivity contribution < 1.29 is 28.9 Å². The molecule has 1 fully saturated rings. The lowest BCUT2D eigenvalue weighted by Crippen LogP contribution is -2.29. The molecule has 0 aliphatic carbocycles. The molecule has 7 rings (SSSR count). The van der Waals surface area contributed by atoms with Crippen LogP contribution in [0.1, 0.15) is 55.5 Å². The number of fused-ring (bicyclic) bond motifs is 2. The normalized spacial score (nSPS) is 18.1. The van der Waals surface area contributed by atoms with Crippen LogP contribution in [0.2, 0.25) is 0 Å². The van der Waals surface area contributed by atoms with Crippen molar-refractivity contribution in [3.8, 4) is 17.2 Å². The number of amides is 1. The van der Waals surface area contributed by atoms with Crippen molar-refractivity contribution in [2.45, 2.75) is 55.9 Å². The van der Waals surface area contributed by atoms with Gasteiger partial charge in [-0.3, -0.25) is 14.5 Å². The predicted molar refractivity (Wildman–Crippen MR) is 192 cm³/mol. The van der Waals surface area contributed by atoms with Crippen molar-refractivity contribution in [1.29, 1.82) is 0 Å². The molecule has 2 aliphatic heterocycles. The van der Waals surface area contributed by atoms with Crippen LogP contribution in [0, 0.1) is 0 Å². The van der Waals surface area contributed by atoms with E-state index in [4.69, 9.17) is 14.2 Å². The van der Waals surface area contributed by atoms with Crippen molar-refractivity contribution in [3.63, 3.8) is 0 Å². The second-order valence-electron chi connectivity index (χ2n) is 11.9. The Balaban J connectivity index is 1.28. The first kappa shape index (κ1) is 32.7. The summed E-state index contributed by atoms with van der Waals surface area (Å²) in [6.07, 6.45) is 1.50. The third kappa shape index (κ3) is 6.36. The maximum Gasteiger partial charge on any atom is 0.301 e. The molecule has 11 heteroatoms. The summed E-state index contributed by atoms with van der Waals surface area (Å²) < 4.78 is 18.4. The van der Waals surface area contributed by atoms with Crippen molar-refractivity contribution in [1.82, 2.24) is 10.2 Å². The molecule has 1 saturated heterocycles. The van der Waals surface area contributed by atoms with Gasteiger partial charge in [-0.25, -0.2) is 0 Å². The van der Waals surface area contributed by atoms with Gasteiger partial charge in [0.15, 0.2) is 15.8 Å². The average molecular weight is 694 g/mol. The van der Waals surface area contributed by atoms with Gasteiger partial charge in [-0.05, 0) is 78.1 Å². The summed E-state index contributed by atoms with van der Waals surface area (Å²) in [7, 11) is 0. The number of thioether (sulfide) groups is 1. The first-order valence-electron chi connectivity index (χ1n) is 16.3. The van der Waals surface area contributed by atoms with Crippen LogP contribution in [0.3, 0.4) is 0 Å². The van der Waals surface area contributed by atoms with Crippen LogP contribution in [-0.2, 0) is 21.8 Å². The van der Waals surface area contributed by atoms with Gasteiger partial charge in [0, 0.05) is 17.7 Å². The van der Waals surface area contributed by atoms with E-state index in [2.05, 4.69) is 34.5 Å². The van der Waals surface area contributed by atoms with Crippen LogP contribution >= 0.6 is 23.1 Å². The molecule has 1 amide bonds. The topological polar surface area (TPSA) is 111 Å². The van der Waals surface area contributed by atoms with E-state index < -0.39 is 17.7 Å². The van der Waals surface area contributed by atoms with E-state index in [1.54, 1.807) is 30.3 Å². The number of ketones is 1. The summed E-state index contributed by atoms with van der Waals surface area (Å²) in [5, 5.41) is 23.2. The molecule has 0 radical (unpaired) electrons. The number of aliphatic hydroxyl groups excluding tert-OH is 1. The third-order valence-corrected chi connectivity index (χ3v) is 10.6. The first-order chi connectivity index (χ1) is 23.9. The number of hydrogen-bond donors (Lipinski definition) is 1. The van der Waals surface area contributed by atoms with E-state index in [0.717, 1.165) is 34.1 Å². The van der Waals surface area contributed by atoms with Crippen LogP contribution in [0.4, 0.5) is 5.13 Å². The van der Waals surface area contributed by atoms with E-state index in [1.807, 2.05) is 45.0 Å². The smallest absolute Gasteiger partial charge is 0.301 e. The molecule has 2 aliphatic rings. The van der Waals surface area contributed by atoms with Gasteiger partial charge in [0.25, 0.3) is 5.78 Å². The second-order valence-corrected chi connectivity index (χ2v) is 14.1. The highest BCUT2D eigenvalue weighted by Crippen LogP contribution is 2.46. The maximum atomic E-state index is 13.9. The lowest BCUT2D eigenvalue weighted by Gasteiger charge is -2.23. The third-order valence-electron chi connectivity index (χ3n) is 8.49. The number of hydrogen-bond acceptors (Lipinski definition) is 10. The molecule has 0 unspecified atom stereocenters. The summed E-state index contributed by atoms with van der Waals surface area (Å²) in [5.74, 6) is 0.551. The molecule has 0 saturated carbocycles. The van der Waals surface area contributed by atoms with Gasteiger partial charge in [-0.2, -0.15) is 0 Å². The van der Waals surface area contributed by atoms with E-state index in [-0.39, 0.29) is 22.6 Å². The van der Waals surface area contributed by atoms with Gasteiger partial charge >= 0.3 is 5.91 Å². The quantitative estimate of drug-likeness (QED) is 0.0482. The first-order valence-corrected chi connectivity index (χ1v) is 18.1. The molecule has 2 atom stereocenters. The second kappa shape index (κ2) is 13.9. The summed E-state index contributed by atoms with van der Waals surface area (Å²) in [4.78, 5) is 29.1. The highest BCUT2D eigenvalue weighted by atomic mass is 32.2. The lowest BCUT2D eigenvalue weighted by atomic mass is 9.94. The summed E-state index contributed by atoms with van der Waals surface area (Å²) in [5.41, 5.74) is 3.03. The Labute approximate surface area is 292 Å². The van der Waals surface area contributed by atoms with Crippen LogP contribution in [0.25, 0.3) is 16.5 Å². The van der Waals surface area contributed by atoms with E-state index in [0.29, 0.717) is 52.4 Å². The van der Waals surface area contributed by atoms with Gasteiger partial charge in [-0.1, -0.05) is 78.6 Å². The summed E-state index contributed by atoms with van der Waals surface area (Å²) in [6.45, 7) is 6.76. The van der Waals surface area contributed by atoms with Crippen molar-refractivity contribution in [2.24, 2.45) is 0 Å². The number of rotatable bonds is 11. The van der Waals surface area contributed by atoms with Crippen molar-refractivity contribution in [3.05, 3.63) is 107 Å². The van der Waals surface area contributed by atoms with Gasteiger partial charge < -0.3 is 19.3 Å². The Morgan fingerprint density at radius 2 is 1.84 bits per heavy atom. The number of nitrogens with zero attached hydrogens (tertiary/aromatic N) is 3. The lowest BCUT2D eigenvalue weighted by molar-refractivity contribution is -0.132. The highest BCUT2D eigenvalue weighted by molar-refractivity contribution is 8.00.